The molecule has 0 fully saturated rings. The number of halogens is 17. The van der Waals surface area contributed by atoms with E-state index in [4.69, 9.17) is 0 Å². The summed E-state index contributed by atoms with van der Waals surface area (Å²) in [5.74, 6) is -32.3. The van der Waals surface area contributed by atoms with Gasteiger partial charge in [0.2, 0.25) is 9.84 Å². The number of sulfone groups is 1. The van der Waals surface area contributed by atoms with Crippen molar-refractivity contribution in [1.29, 1.82) is 0 Å². The summed E-state index contributed by atoms with van der Waals surface area (Å²) in [6.07, 6.45) is -23.9. The van der Waals surface area contributed by atoms with Gasteiger partial charge in [0, 0.05) is 20.1 Å². The van der Waals surface area contributed by atoms with Crippen molar-refractivity contribution in [2.75, 3.05) is 6.26 Å². The fourth-order valence-electron chi connectivity index (χ4n) is 2.14. The van der Waals surface area contributed by atoms with Gasteiger partial charge in [0.15, 0.2) is 5.67 Å². The Labute approximate surface area is 199 Å². The van der Waals surface area contributed by atoms with Crippen LogP contribution in [0.5, 0.6) is 0 Å². The summed E-state index contributed by atoms with van der Waals surface area (Å²) in [5.41, 5.74) is -5.96. The van der Waals surface area contributed by atoms with E-state index in [1.807, 2.05) is 0 Å². The molecule has 0 aromatic rings. The number of ether oxygens (including phenoxy) is 1. The molecular weight excluding hydrogens is 595 g/mol. The smallest absolute Gasteiger partial charge is 0.264 e. The Bertz CT molecular complexity index is 872. The van der Waals surface area contributed by atoms with E-state index in [1.165, 1.54) is 0 Å². The molecular formula is C16H21F17O3S. The molecule has 0 aliphatic rings. The highest BCUT2D eigenvalue weighted by molar-refractivity contribution is 7.91. The quantitative estimate of drug-likeness (QED) is 0.223. The number of hydrogen-bond donors (Lipinski definition) is 0. The van der Waals surface area contributed by atoms with E-state index in [2.05, 4.69) is 0 Å². The normalized spacial score (nSPS) is 18.3. The van der Waals surface area contributed by atoms with Crippen LogP contribution < -0.4 is 0 Å². The maximum absolute atomic E-state index is 14.5. The van der Waals surface area contributed by atoms with Crippen LogP contribution in [0.15, 0.2) is 0 Å². The van der Waals surface area contributed by atoms with Crippen LogP contribution in [-0.2, 0) is 14.6 Å². The summed E-state index contributed by atoms with van der Waals surface area (Å²) in [5, 5.41) is -6.91. The Balaban J connectivity index is -0.00000578. The number of hydrogen-bond acceptors (Lipinski definition) is 3. The van der Waals surface area contributed by atoms with Crippen LogP contribution in [-0.4, -0.2) is 67.4 Å². The second-order valence-electron chi connectivity index (χ2n) is 7.51. The van der Waals surface area contributed by atoms with Crippen molar-refractivity contribution < 1.29 is 87.8 Å². The van der Waals surface area contributed by atoms with E-state index in [1.54, 1.807) is 4.74 Å². The zero-order valence-electron chi connectivity index (χ0n) is 17.0. The van der Waals surface area contributed by atoms with Gasteiger partial charge in [0.1, 0.15) is 0 Å². The van der Waals surface area contributed by atoms with E-state index >= 15 is 0 Å². The van der Waals surface area contributed by atoms with Crippen LogP contribution in [0.4, 0.5) is 74.6 Å². The summed E-state index contributed by atoms with van der Waals surface area (Å²) in [6.45, 7) is -1.70. The molecule has 0 spiro atoms. The molecule has 0 saturated heterocycles. The van der Waals surface area contributed by atoms with Crippen molar-refractivity contribution in [3.63, 3.8) is 0 Å². The third-order valence-corrected chi connectivity index (χ3v) is 5.51. The highest BCUT2D eigenvalue weighted by Crippen LogP contribution is 2.58. The topological polar surface area (TPSA) is 43.4 Å². The number of alkyl halides is 17. The van der Waals surface area contributed by atoms with Crippen LogP contribution in [0.2, 0.25) is 0 Å². The van der Waals surface area contributed by atoms with Crippen molar-refractivity contribution in [2.45, 2.75) is 94.3 Å². The Hall–Kier alpha value is -1.28. The zero-order chi connectivity index (χ0) is 29.1. The van der Waals surface area contributed by atoms with Crippen molar-refractivity contribution >= 4 is 9.84 Å². The fourth-order valence-corrected chi connectivity index (χ4v) is 2.61. The molecule has 0 radical (unpaired) electrons. The molecule has 0 heterocycles. The molecule has 0 bridgehead atoms. The minimum absolute atomic E-state index is 0. The molecule has 37 heavy (non-hydrogen) atoms. The molecule has 0 aliphatic carbocycles. The van der Waals surface area contributed by atoms with Crippen molar-refractivity contribution in [3.05, 3.63) is 0 Å². The lowest BCUT2D eigenvalue weighted by molar-refractivity contribution is -0.480. The highest BCUT2D eigenvalue weighted by Gasteiger charge is 2.81. The monoisotopic (exact) mass is 616 g/mol. The lowest BCUT2D eigenvalue weighted by Crippen LogP contribution is -2.66. The molecule has 0 saturated carbocycles. The van der Waals surface area contributed by atoms with Crippen LogP contribution in [0.25, 0.3) is 0 Å². The summed E-state index contributed by atoms with van der Waals surface area (Å²) in [6, 6.07) is 0. The average molecular weight is 616 g/mol. The lowest BCUT2D eigenvalue weighted by atomic mass is 9.82. The molecule has 2 unspecified atom stereocenters. The molecule has 0 aliphatic heterocycles. The first kappa shape index (κ1) is 40.2. The van der Waals surface area contributed by atoms with Crippen molar-refractivity contribution in [1.82, 2.24) is 0 Å². The standard InChI is InChI=1S/C14H13F17O3S.2CH4/c1-6(15,16)8(19,4-9(20,21)7(2,17)18)5-10(22,23)11(24,12(25,26)27)34-13(28,29)14(30,31)35(3,32)33;;/h4-5H2,1-3H3;2*1H4. The maximum atomic E-state index is 14.5. The first-order valence-electron chi connectivity index (χ1n) is 8.23. The predicted molar refractivity (Wildman–Crippen MR) is 93.4 cm³/mol. The predicted octanol–water partition coefficient (Wildman–Crippen LogP) is 7.80. The Morgan fingerprint density at radius 1 is 0.595 bits per heavy atom. The average Bonchev–Trinajstić information content (AvgIpc) is 2.48. The van der Waals surface area contributed by atoms with Gasteiger partial charge in [-0.3, -0.25) is 4.74 Å². The van der Waals surface area contributed by atoms with E-state index < -0.39 is 95.5 Å². The van der Waals surface area contributed by atoms with Crippen molar-refractivity contribution in [2.24, 2.45) is 0 Å². The van der Waals surface area contributed by atoms with E-state index in [9.17, 15) is 83.1 Å². The van der Waals surface area contributed by atoms with Gasteiger partial charge in [0.05, 0.1) is 12.8 Å². The molecule has 3 nitrogen and oxygen atoms in total. The summed E-state index contributed by atoms with van der Waals surface area (Å²) in [7, 11) is -6.59. The third kappa shape index (κ3) is 7.43. The minimum Gasteiger partial charge on any atom is -0.264 e. The highest BCUT2D eigenvalue weighted by atomic mass is 32.2. The Morgan fingerprint density at radius 3 is 1.16 bits per heavy atom. The van der Waals surface area contributed by atoms with Gasteiger partial charge < -0.3 is 0 Å². The first-order valence-corrected chi connectivity index (χ1v) is 10.1. The van der Waals surface area contributed by atoms with Gasteiger partial charge in [-0.1, -0.05) is 14.9 Å². The summed E-state index contributed by atoms with van der Waals surface area (Å²) in [4.78, 5) is 0. The van der Waals surface area contributed by atoms with Gasteiger partial charge >= 0.3 is 41.2 Å². The first-order chi connectivity index (χ1) is 14.6. The molecule has 0 rings (SSSR count). The van der Waals surface area contributed by atoms with E-state index in [-0.39, 0.29) is 14.9 Å². The van der Waals surface area contributed by atoms with Gasteiger partial charge in [-0.25, -0.2) is 30.4 Å². The van der Waals surface area contributed by atoms with Crippen LogP contribution in [0.3, 0.4) is 0 Å². The second kappa shape index (κ2) is 10.4. The number of rotatable bonds is 11. The summed E-state index contributed by atoms with van der Waals surface area (Å²) < 4.78 is 252. The Morgan fingerprint density at radius 2 is 0.919 bits per heavy atom. The maximum Gasteiger partial charge on any atom is 0.455 e. The Kier molecular flexibility index (Phi) is 11.3. The molecule has 228 valence electrons. The SMILES string of the molecule is C.C.CC(F)(F)C(F)(F)CC(F)(CC(F)(F)C(F)(OC(F)(F)C(F)(F)S(C)(=O)=O)C(F)(F)F)C(C)(F)F. The van der Waals surface area contributed by atoms with E-state index in [0.29, 0.717) is 0 Å². The molecule has 0 aromatic carbocycles. The molecule has 0 amide bonds. The third-order valence-electron chi connectivity index (χ3n) is 4.34. The van der Waals surface area contributed by atoms with Crippen LogP contribution >= 0.6 is 0 Å². The molecule has 21 heteroatoms. The molecule has 2 atom stereocenters. The van der Waals surface area contributed by atoms with Gasteiger partial charge in [-0.05, 0) is 0 Å². The van der Waals surface area contributed by atoms with Crippen LogP contribution in [0.1, 0.15) is 41.5 Å². The van der Waals surface area contributed by atoms with Crippen LogP contribution in [0, 0.1) is 0 Å². The zero-order valence-corrected chi connectivity index (χ0v) is 17.8. The fraction of sp³-hybridized carbons (Fsp3) is 1.00. The largest absolute Gasteiger partial charge is 0.455 e. The lowest BCUT2D eigenvalue weighted by Gasteiger charge is -2.42. The van der Waals surface area contributed by atoms with Gasteiger partial charge in [-0.2, -0.15) is 52.7 Å². The van der Waals surface area contributed by atoms with Gasteiger partial charge in [0.25, 0.3) is 5.92 Å². The second-order valence-corrected chi connectivity index (χ2v) is 9.56. The van der Waals surface area contributed by atoms with Gasteiger partial charge in [-0.15, -0.1) is 0 Å². The minimum atomic E-state index is -7.70. The van der Waals surface area contributed by atoms with Crippen molar-refractivity contribution in [3.8, 4) is 0 Å². The summed E-state index contributed by atoms with van der Waals surface area (Å²) >= 11 is 0. The van der Waals surface area contributed by atoms with E-state index in [0.717, 1.165) is 0 Å². The molecule has 0 aromatic heterocycles. The molecule has 0 N–H and O–H groups in total.